The minimum atomic E-state index is 0.156. The van der Waals surface area contributed by atoms with Gasteiger partial charge in [0, 0.05) is 31.2 Å². The maximum absolute atomic E-state index is 11.8. The van der Waals surface area contributed by atoms with Gasteiger partial charge >= 0.3 is 0 Å². The summed E-state index contributed by atoms with van der Waals surface area (Å²) < 4.78 is 5.22. The molecule has 2 aliphatic rings. The van der Waals surface area contributed by atoms with Crippen LogP contribution in [0.2, 0.25) is 0 Å². The third kappa shape index (κ3) is 2.17. The molecule has 0 spiro atoms. The smallest absolute Gasteiger partial charge is 0.228 e. The van der Waals surface area contributed by atoms with Crippen molar-refractivity contribution in [3.63, 3.8) is 0 Å². The van der Waals surface area contributed by atoms with E-state index in [1.165, 1.54) is 0 Å². The monoisotopic (exact) mass is 201 g/mol. The molecule has 0 radical (unpaired) electrons. The third-order valence-electron chi connectivity index (χ3n) is 2.60. The zero-order valence-corrected chi connectivity index (χ0v) is 8.52. The minimum Gasteiger partial charge on any atom is -0.381 e. The van der Waals surface area contributed by atoms with Crippen molar-refractivity contribution in [2.45, 2.75) is 6.42 Å². The molecule has 3 nitrogen and oxygen atoms in total. The van der Waals surface area contributed by atoms with Crippen LogP contribution < -0.4 is 0 Å². The number of thioether (sulfide) groups is 1. The van der Waals surface area contributed by atoms with Gasteiger partial charge in [-0.25, -0.2) is 0 Å². The predicted molar refractivity (Wildman–Crippen MR) is 52.8 cm³/mol. The fourth-order valence-electron chi connectivity index (χ4n) is 1.77. The highest BCUT2D eigenvalue weighted by Crippen LogP contribution is 2.18. The Bertz CT molecular complexity index is 186. The number of carbonyl (C=O) groups excluding carboxylic acids is 1. The van der Waals surface area contributed by atoms with Gasteiger partial charge in [0.05, 0.1) is 12.5 Å². The van der Waals surface area contributed by atoms with Crippen LogP contribution in [0.25, 0.3) is 0 Å². The predicted octanol–water partition coefficient (Wildman–Crippen LogP) is 0.598. The lowest BCUT2D eigenvalue weighted by Crippen LogP contribution is -2.41. The fourth-order valence-corrected chi connectivity index (χ4v) is 2.67. The van der Waals surface area contributed by atoms with Crippen LogP contribution in [0.1, 0.15) is 6.42 Å². The summed E-state index contributed by atoms with van der Waals surface area (Å²) in [5.41, 5.74) is 0. The van der Waals surface area contributed by atoms with Gasteiger partial charge in [-0.05, 0) is 6.42 Å². The largest absolute Gasteiger partial charge is 0.381 e. The van der Waals surface area contributed by atoms with E-state index in [1.807, 2.05) is 16.7 Å². The van der Waals surface area contributed by atoms with Crippen LogP contribution in [-0.2, 0) is 9.53 Å². The van der Waals surface area contributed by atoms with Crippen LogP contribution >= 0.6 is 11.8 Å². The highest BCUT2D eigenvalue weighted by atomic mass is 32.2. The van der Waals surface area contributed by atoms with E-state index < -0.39 is 0 Å². The molecule has 2 fully saturated rings. The molecule has 2 rings (SSSR count). The van der Waals surface area contributed by atoms with Crippen LogP contribution in [0, 0.1) is 5.92 Å². The lowest BCUT2D eigenvalue weighted by molar-refractivity contribution is -0.135. The first-order valence-electron chi connectivity index (χ1n) is 4.82. The van der Waals surface area contributed by atoms with Crippen LogP contribution in [-0.4, -0.2) is 48.6 Å². The number of carbonyl (C=O) groups is 1. The van der Waals surface area contributed by atoms with Crippen molar-refractivity contribution in [1.82, 2.24) is 4.90 Å². The summed E-state index contributed by atoms with van der Waals surface area (Å²) in [5, 5.41) is 0. The summed E-state index contributed by atoms with van der Waals surface area (Å²) in [5.74, 6) is 2.67. The molecule has 0 aromatic rings. The van der Waals surface area contributed by atoms with E-state index >= 15 is 0 Å². The Labute approximate surface area is 82.8 Å². The summed E-state index contributed by atoms with van der Waals surface area (Å²) in [6.45, 7) is 3.27. The first kappa shape index (κ1) is 9.34. The van der Waals surface area contributed by atoms with Crippen molar-refractivity contribution < 1.29 is 9.53 Å². The molecule has 74 valence electrons. The molecule has 0 saturated carbocycles. The first-order valence-corrected chi connectivity index (χ1v) is 5.97. The van der Waals surface area contributed by atoms with E-state index in [4.69, 9.17) is 4.74 Å². The maximum Gasteiger partial charge on any atom is 0.228 e. The van der Waals surface area contributed by atoms with Crippen molar-refractivity contribution in [3.05, 3.63) is 0 Å². The van der Waals surface area contributed by atoms with Crippen LogP contribution in [0.15, 0.2) is 0 Å². The van der Waals surface area contributed by atoms with E-state index in [0.29, 0.717) is 12.5 Å². The average molecular weight is 201 g/mol. The highest BCUT2D eigenvalue weighted by molar-refractivity contribution is 7.99. The Morgan fingerprint density at radius 1 is 1.38 bits per heavy atom. The fraction of sp³-hybridized carbons (Fsp3) is 0.889. The number of amides is 1. The molecule has 1 atom stereocenters. The molecule has 0 bridgehead atoms. The van der Waals surface area contributed by atoms with Gasteiger partial charge in [0.2, 0.25) is 5.91 Å². The molecule has 0 aromatic heterocycles. The normalized spacial score (nSPS) is 29.2. The molecule has 0 aromatic carbocycles. The quantitative estimate of drug-likeness (QED) is 0.622. The van der Waals surface area contributed by atoms with Gasteiger partial charge in [0.25, 0.3) is 0 Å². The van der Waals surface area contributed by atoms with Crippen LogP contribution in [0.5, 0.6) is 0 Å². The van der Waals surface area contributed by atoms with E-state index in [1.54, 1.807) is 0 Å². The molecule has 0 aliphatic carbocycles. The Balaban J connectivity index is 1.87. The molecule has 2 saturated heterocycles. The lowest BCUT2D eigenvalue weighted by Gasteiger charge is -2.28. The lowest BCUT2D eigenvalue weighted by atomic mass is 10.1. The standard InChI is InChI=1S/C9H15NO2S/c11-9(8-1-4-12-7-8)10-2-5-13-6-3-10/h8H,1-7H2/t8-/m1/s1. The Morgan fingerprint density at radius 3 is 2.77 bits per heavy atom. The number of hydrogen-bond acceptors (Lipinski definition) is 3. The van der Waals surface area contributed by atoms with E-state index in [2.05, 4.69) is 0 Å². The van der Waals surface area contributed by atoms with Gasteiger partial charge in [-0.15, -0.1) is 0 Å². The molecule has 0 unspecified atom stereocenters. The van der Waals surface area contributed by atoms with Gasteiger partial charge in [-0.3, -0.25) is 4.79 Å². The molecular weight excluding hydrogens is 186 g/mol. The van der Waals surface area contributed by atoms with Crippen molar-refractivity contribution in [3.8, 4) is 0 Å². The van der Waals surface area contributed by atoms with Crippen molar-refractivity contribution in [1.29, 1.82) is 0 Å². The van der Waals surface area contributed by atoms with E-state index in [0.717, 1.165) is 37.6 Å². The number of nitrogens with zero attached hydrogens (tertiary/aromatic N) is 1. The summed E-state index contributed by atoms with van der Waals surface area (Å²) in [4.78, 5) is 13.8. The van der Waals surface area contributed by atoms with Gasteiger partial charge < -0.3 is 9.64 Å². The zero-order valence-electron chi connectivity index (χ0n) is 7.70. The van der Waals surface area contributed by atoms with E-state index in [9.17, 15) is 4.79 Å². The highest BCUT2D eigenvalue weighted by Gasteiger charge is 2.28. The molecular formula is C9H15NO2S. The number of rotatable bonds is 1. The Hall–Kier alpha value is -0.220. The second-order valence-electron chi connectivity index (χ2n) is 3.50. The van der Waals surface area contributed by atoms with Gasteiger partial charge in [0.15, 0.2) is 0 Å². The maximum atomic E-state index is 11.8. The average Bonchev–Trinajstić information content (AvgIpc) is 2.71. The Morgan fingerprint density at radius 2 is 2.15 bits per heavy atom. The molecule has 1 amide bonds. The number of hydrogen-bond donors (Lipinski definition) is 0. The van der Waals surface area contributed by atoms with Crippen molar-refractivity contribution >= 4 is 17.7 Å². The van der Waals surface area contributed by atoms with Crippen molar-refractivity contribution in [2.24, 2.45) is 5.92 Å². The summed E-state index contributed by atoms with van der Waals surface area (Å²) in [6, 6.07) is 0. The second kappa shape index (κ2) is 4.33. The van der Waals surface area contributed by atoms with Crippen LogP contribution in [0.3, 0.4) is 0 Å². The molecule has 4 heteroatoms. The van der Waals surface area contributed by atoms with Gasteiger partial charge in [-0.1, -0.05) is 0 Å². The zero-order chi connectivity index (χ0) is 9.10. The minimum absolute atomic E-state index is 0.156. The second-order valence-corrected chi connectivity index (χ2v) is 4.72. The molecule has 2 aliphatic heterocycles. The third-order valence-corrected chi connectivity index (χ3v) is 3.54. The van der Waals surface area contributed by atoms with Crippen molar-refractivity contribution in [2.75, 3.05) is 37.8 Å². The summed E-state index contributed by atoms with van der Waals surface area (Å²) in [7, 11) is 0. The molecule has 13 heavy (non-hydrogen) atoms. The topological polar surface area (TPSA) is 29.5 Å². The summed E-state index contributed by atoms with van der Waals surface area (Å²) >= 11 is 1.93. The first-order chi connectivity index (χ1) is 6.38. The van der Waals surface area contributed by atoms with Gasteiger partial charge in [-0.2, -0.15) is 11.8 Å². The summed E-state index contributed by atoms with van der Waals surface area (Å²) in [6.07, 6.45) is 0.919. The Kier molecular flexibility index (Phi) is 3.11. The van der Waals surface area contributed by atoms with Gasteiger partial charge in [0.1, 0.15) is 0 Å². The SMILES string of the molecule is O=C([C@@H]1CCOC1)N1CCSCC1. The van der Waals surface area contributed by atoms with Crippen LogP contribution in [0.4, 0.5) is 0 Å². The molecule has 2 heterocycles. The number of ether oxygens (including phenoxy) is 1. The molecule has 0 N–H and O–H groups in total. The van der Waals surface area contributed by atoms with E-state index in [-0.39, 0.29) is 5.92 Å².